The monoisotopic (exact) mass is 371 g/mol. The van der Waals surface area contributed by atoms with Crippen LogP contribution in [-0.4, -0.2) is 33.9 Å². The van der Waals surface area contributed by atoms with Crippen molar-refractivity contribution in [1.82, 2.24) is 10.0 Å². The highest BCUT2D eigenvalue weighted by atomic mass is 35.5. The Hall–Kier alpha value is -1.90. The number of ether oxygens (including phenoxy) is 1. The molecule has 3 aliphatic rings. The van der Waals surface area contributed by atoms with Crippen LogP contribution in [0.5, 0.6) is 0 Å². The average molecular weight is 372 g/mol. The van der Waals surface area contributed by atoms with Gasteiger partial charge in [0.1, 0.15) is 0 Å². The van der Waals surface area contributed by atoms with Crippen molar-refractivity contribution in [3.63, 3.8) is 0 Å². The van der Waals surface area contributed by atoms with E-state index in [-0.39, 0.29) is 40.3 Å². The van der Waals surface area contributed by atoms with Gasteiger partial charge in [0, 0.05) is 17.3 Å². The molecule has 5 nitrogen and oxygen atoms in total. The molecule has 0 radical (unpaired) electrons. The smallest absolute Gasteiger partial charge is 0.356 e. The van der Waals surface area contributed by atoms with E-state index in [9.17, 15) is 18.4 Å². The van der Waals surface area contributed by atoms with Crippen LogP contribution >= 0.6 is 11.6 Å². The van der Waals surface area contributed by atoms with Crippen molar-refractivity contribution >= 4 is 23.3 Å². The van der Waals surface area contributed by atoms with Crippen molar-refractivity contribution in [3.05, 3.63) is 46.8 Å². The molecule has 0 bridgehead atoms. The summed E-state index contributed by atoms with van der Waals surface area (Å²) in [6, 6.07) is 2.69. The predicted octanol–water partition coefficient (Wildman–Crippen LogP) is 4.02. The number of amidine groups is 1. The van der Waals surface area contributed by atoms with Gasteiger partial charge in [0.05, 0.1) is 17.8 Å². The summed E-state index contributed by atoms with van der Waals surface area (Å²) < 4.78 is 48.6. The third kappa shape index (κ3) is 2.56. The summed E-state index contributed by atoms with van der Waals surface area (Å²) in [5, 5.41) is 10.4. The highest BCUT2D eigenvalue weighted by Gasteiger charge is 2.64. The van der Waals surface area contributed by atoms with Gasteiger partial charge in [-0.25, -0.2) is 15.0 Å². The van der Waals surface area contributed by atoms with Gasteiger partial charge in [0.2, 0.25) is 5.60 Å². The van der Waals surface area contributed by atoms with Gasteiger partial charge in [0.25, 0.3) is 0 Å². The van der Waals surface area contributed by atoms with E-state index >= 15 is 0 Å². The number of aliphatic imine (C=N–C) groups is 1. The molecule has 25 heavy (non-hydrogen) atoms. The molecule has 1 atom stereocenters. The van der Waals surface area contributed by atoms with E-state index in [4.69, 9.17) is 16.3 Å². The van der Waals surface area contributed by atoms with E-state index in [0.717, 1.165) is 25.1 Å². The van der Waals surface area contributed by atoms with Gasteiger partial charge in [-0.1, -0.05) is 17.7 Å². The molecule has 2 aliphatic heterocycles. The first kappa shape index (κ1) is 16.6. The zero-order valence-corrected chi connectivity index (χ0v) is 13.6. The molecule has 1 saturated carbocycles. The molecule has 3 heterocycles. The largest absolute Gasteiger partial charge is 0.426 e. The minimum atomic E-state index is -4.80. The van der Waals surface area contributed by atoms with E-state index in [1.54, 1.807) is 0 Å². The number of hydroxylamine groups is 2. The summed E-state index contributed by atoms with van der Waals surface area (Å²) in [7, 11) is 0. The lowest BCUT2D eigenvalue weighted by atomic mass is 9.81. The normalized spacial score (nSPS) is 25.6. The van der Waals surface area contributed by atoms with E-state index in [0.29, 0.717) is 5.06 Å². The fraction of sp³-hybridized carbons (Fsp3) is 0.375. The van der Waals surface area contributed by atoms with Crippen molar-refractivity contribution in [2.75, 3.05) is 6.61 Å². The number of alkyl halides is 3. The number of halogens is 4. The Morgan fingerprint density at radius 3 is 2.84 bits per heavy atom. The summed E-state index contributed by atoms with van der Waals surface area (Å²) in [5.41, 5.74) is -3.35. The van der Waals surface area contributed by atoms with Crippen LogP contribution in [0.25, 0.3) is 0 Å². The Bertz CT molecular complexity index is 817. The number of hydrogen-bond acceptors (Lipinski definition) is 5. The van der Waals surface area contributed by atoms with Gasteiger partial charge >= 0.3 is 6.18 Å². The summed E-state index contributed by atoms with van der Waals surface area (Å²) in [4.78, 5) is 7.99. The number of aromatic nitrogens is 1. The van der Waals surface area contributed by atoms with Crippen molar-refractivity contribution in [2.45, 2.75) is 24.6 Å². The number of rotatable bonds is 3. The average Bonchev–Trinajstić information content (AvgIpc) is 3.35. The van der Waals surface area contributed by atoms with Crippen LogP contribution in [0.2, 0.25) is 0 Å². The van der Waals surface area contributed by atoms with Gasteiger partial charge in [-0.05, 0) is 30.9 Å². The quantitative estimate of drug-likeness (QED) is 0.871. The molecule has 1 N–H and O–H groups in total. The van der Waals surface area contributed by atoms with Crippen LogP contribution in [-0.2, 0) is 10.3 Å². The van der Waals surface area contributed by atoms with E-state index < -0.39 is 11.8 Å². The summed E-state index contributed by atoms with van der Waals surface area (Å²) in [6.45, 7) is -0.0504. The molecular formula is C16H13ClF3N3O2. The van der Waals surface area contributed by atoms with Gasteiger partial charge in [-0.15, -0.1) is 0 Å². The third-order valence-corrected chi connectivity index (χ3v) is 4.58. The molecule has 1 aliphatic carbocycles. The fourth-order valence-electron chi connectivity index (χ4n) is 2.99. The van der Waals surface area contributed by atoms with E-state index in [1.807, 2.05) is 0 Å². The molecule has 132 valence electrons. The Kier molecular flexibility index (Phi) is 3.68. The lowest BCUT2D eigenvalue weighted by Gasteiger charge is -2.42. The summed E-state index contributed by atoms with van der Waals surface area (Å²) in [6.07, 6.45) is 0.402. The minimum absolute atomic E-state index is 0.0504. The lowest BCUT2D eigenvalue weighted by molar-refractivity contribution is -0.268. The van der Waals surface area contributed by atoms with Gasteiger partial charge in [-0.2, -0.15) is 13.2 Å². The van der Waals surface area contributed by atoms with Gasteiger partial charge < -0.3 is 4.74 Å². The predicted molar refractivity (Wildman–Crippen MR) is 83.4 cm³/mol. The second-order valence-electron chi connectivity index (χ2n) is 6.16. The van der Waals surface area contributed by atoms with Gasteiger partial charge in [0.15, 0.2) is 11.7 Å². The summed E-state index contributed by atoms with van der Waals surface area (Å²) in [5.74, 6) is -0.348. The van der Waals surface area contributed by atoms with Crippen LogP contribution < -0.4 is 0 Å². The number of allylic oxidation sites excluding steroid dienone is 2. The van der Waals surface area contributed by atoms with Crippen molar-refractivity contribution in [1.29, 1.82) is 0 Å². The highest BCUT2D eigenvalue weighted by Crippen LogP contribution is 2.54. The molecule has 0 amide bonds. The first-order valence-electron chi connectivity index (χ1n) is 7.66. The molecule has 0 aromatic carbocycles. The maximum atomic E-state index is 14.4. The molecule has 0 saturated heterocycles. The molecule has 4 rings (SSSR count). The Morgan fingerprint density at radius 2 is 2.16 bits per heavy atom. The van der Waals surface area contributed by atoms with E-state index in [1.165, 1.54) is 18.3 Å². The van der Waals surface area contributed by atoms with Crippen LogP contribution in [0.3, 0.4) is 0 Å². The van der Waals surface area contributed by atoms with Crippen LogP contribution in [0.4, 0.5) is 19.0 Å². The first-order chi connectivity index (χ1) is 11.8. The maximum Gasteiger partial charge on any atom is 0.426 e. The zero-order valence-electron chi connectivity index (χ0n) is 12.8. The molecule has 1 aromatic rings. The molecule has 1 fully saturated rings. The van der Waals surface area contributed by atoms with Gasteiger partial charge in [-0.3, -0.25) is 5.21 Å². The van der Waals surface area contributed by atoms with Crippen molar-refractivity contribution in [2.24, 2.45) is 10.9 Å². The first-order valence-corrected chi connectivity index (χ1v) is 8.03. The molecule has 1 unspecified atom stereocenters. The fourth-order valence-corrected chi connectivity index (χ4v) is 3.19. The minimum Gasteiger partial charge on any atom is -0.356 e. The Morgan fingerprint density at radius 1 is 1.40 bits per heavy atom. The van der Waals surface area contributed by atoms with Crippen LogP contribution in [0.1, 0.15) is 18.4 Å². The highest BCUT2D eigenvalue weighted by molar-refractivity contribution is 6.32. The van der Waals surface area contributed by atoms with Crippen LogP contribution in [0, 0.1) is 5.92 Å². The third-order valence-electron chi connectivity index (χ3n) is 4.37. The maximum absolute atomic E-state index is 14.4. The topological polar surface area (TPSA) is 58.0 Å². The van der Waals surface area contributed by atoms with Crippen LogP contribution in [0.15, 0.2) is 46.2 Å². The molecule has 0 spiro atoms. The lowest BCUT2D eigenvalue weighted by Crippen LogP contribution is -2.52. The zero-order chi connectivity index (χ0) is 17.8. The molecular weight excluding hydrogens is 359 g/mol. The number of hydrogen-bond donors (Lipinski definition) is 1. The number of pyridine rings is 1. The standard InChI is InChI=1S/C16H13ClF3N3O2/c17-10-6-12-14(23(24)7-10)22-13-11(2-1-5-21-13)15(12,16(18,19)20)25-8-9-3-4-9/h1-2,5-7,9,24H,3-4,8H2. The number of nitrogens with zero attached hydrogens (tertiary/aromatic N) is 3. The Balaban J connectivity index is 1.97. The van der Waals surface area contributed by atoms with Crippen molar-refractivity contribution < 1.29 is 23.1 Å². The Labute approximate surface area is 146 Å². The summed E-state index contributed by atoms with van der Waals surface area (Å²) >= 11 is 5.90. The van der Waals surface area contributed by atoms with E-state index in [2.05, 4.69) is 9.98 Å². The molecule has 1 aromatic heterocycles. The number of fused-ring (bicyclic) bond motifs is 2. The SMILES string of the molecule is ON1C=C(Cl)C=C2C1=Nc1ncccc1C2(OCC1CC1)C(F)(F)F. The second-order valence-corrected chi connectivity index (χ2v) is 6.60. The second kappa shape index (κ2) is 5.55. The van der Waals surface area contributed by atoms with Crippen molar-refractivity contribution in [3.8, 4) is 0 Å². The molecule has 9 heteroatoms.